The number of pyridine rings is 1. The van der Waals surface area contributed by atoms with E-state index in [-0.39, 0.29) is 7.34 Å². The van der Waals surface area contributed by atoms with Crippen LogP contribution in [0.5, 0.6) is 0 Å². The number of aldehydes is 1. The fourth-order valence-electron chi connectivity index (χ4n) is 4.06. The maximum Gasteiger partial charge on any atom is 0.151 e. The molecule has 0 aliphatic carbocycles. The molecule has 1 radical (unpaired) electrons. The summed E-state index contributed by atoms with van der Waals surface area (Å²) >= 11 is 0. The first-order valence-corrected chi connectivity index (χ1v) is 10.8. The zero-order chi connectivity index (χ0) is 22.2. The molecule has 1 saturated heterocycles. The van der Waals surface area contributed by atoms with E-state index in [4.69, 9.17) is 6.42 Å². The highest BCUT2D eigenvalue weighted by Gasteiger charge is 2.28. The van der Waals surface area contributed by atoms with Gasteiger partial charge in [-0.05, 0) is 59.5 Å². The first-order chi connectivity index (χ1) is 15.2. The average molecular weight is 414 g/mol. The van der Waals surface area contributed by atoms with Crippen molar-refractivity contribution in [3.05, 3.63) is 71.5 Å². The molecule has 159 valence electrons. The molecule has 2 heterocycles. The van der Waals surface area contributed by atoms with Crippen LogP contribution in [0.15, 0.2) is 54.9 Å². The molecular formula is C27H29N2O2. The smallest absolute Gasteiger partial charge is 0.151 e. The number of fused-ring (bicyclic) bond motifs is 1. The Morgan fingerprint density at radius 3 is 2.68 bits per heavy atom. The molecule has 1 aromatic heterocycles. The fraction of sp³-hybridized carbons (Fsp3) is 0.296. The molecule has 0 N–H and O–H groups in total. The van der Waals surface area contributed by atoms with E-state index in [1.165, 1.54) is 0 Å². The minimum Gasteiger partial charge on any atom is -0.371 e. The number of ketones is 1. The molecule has 4 rings (SSSR count). The molecule has 1 fully saturated rings. The van der Waals surface area contributed by atoms with Gasteiger partial charge < -0.3 is 4.90 Å². The van der Waals surface area contributed by atoms with Crippen molar-refractivity contribution in [1.29, 1.82) is 0 Å². The molecule has 0 spiro atoms. The average Bonchev–Trinajstić information content (AvgIpc) is 3.34. The zero-order valence-electron chi connectivity index (χ0n) is 19.2. The van der Waals surface area contributed by atoms with E-state index in [1.54, 1.807) is 18.5 Å². The minimum absolute atomic E-state index is 0. The number of benzene rings is 2. The number of carbonyl (C=O) groups excluding carboxylic acids is 2. The predicted octanol–water partition coefficient (Wildman–Crippen LogP) is 5.20. The van der Waals surface area contributed by atoms with E-state index in [0.29, 0.717) is 29.9 Å². The summed E-state index contributed by atoms with van der Waals surface area (Å²) in [7, 11) is 0. The van der Waals surface area contributed by atoms with Gasteiger partial charge in [0.2, 0.25) is 0 Å². The second-order valence-corrected chi connectivity index (χ2v) is 7.45. The Labute approximate surface area is 185 Å². The Morgan fingerprint density at radius 1 is 1.23 bits per heavy atom. The third-order valence-corrected chi connectivity index (χ3v) is 5.74. The highest BCUT2D eigenvalue weighted by Crippen LogP contribution is 2.30. The lowest BCUT2D eigenvalue weighted by molar-refractivity contribution is -0.122. The van der Waals surface area contributed by atoms with Crippen molar-refractivity contribution in [2.75, 3.05) is 18.0 Å². The number of anilines is 1. The van der Waals surface area contributed by atoms with Gasteiger partial charge in [-0.1, -0.05) is 31.9 Å². The molecule has 4 heteroatoms. The van der Waals surface area contributed by atoms with E-state index in [9.17, 15) is 9.59 Å². The predicted molar refractivity (Wildman–Crippen MR) is 128 cm³/mol. The van der Waals surface area contributed by atoms with E-state index < -0.39 is 0 Å². The van der Waals surface area contributed by atoms with Gasteiger partial charge in [-0.3, -0.25) is 14.6 Å². The molecule has 4 nitrogen and oxygen atoms in total. The number of aromatic nitrogens is 1. The van der Waals surface area contributed by atoms with Crippen LogP contribution >= 0.6 is 0 Å². The lowest BCUT2D eigenvalue weighted by atomic mass is 9.97. The lowest BCUT2D eigenvalue weighted by Crippen LogP contribution is -2.23. The standard InChI is InChI=1S/C25H22N2O2.C2H6.H/c1-2-19-4-5-20-6-7-22(15-23(20)24(19)17-28)27-14-11-21(16-27)25(29)8-3-18-9-12-26-13-10-18;1-2;/h1,4-7,9-10,12-13,15,17,21H,3,8,11,14,16H2;1-2H3;. The van der Waals surface area contributed by atoms with E-state index >= 15 is 0 Å². The van der Waals surface area contributed by atoms with Gasteiger partial charge in [0, 0.05) is 56.1 Å². The quantitative estimate of drug-likeness (QED) is 0.412. The third kappa shape index (κ3) is 5.00. The van der Waals surface area contributed by atoms with Gasteiger partial charge in [0.25, 0.3) is 0 Å². The molecule has 1 aliphatic heterocycles. The summed E-state index contributed by atoms with van der Waals surface area (Å²) in [6, 6.07) is 13.7. The van der Waals surface area contributed by atoms with Crippen molar-refractivity contribution in [3.63, 3.8) is 0 Å². The summed E-state index contributed by atoms with van der Waals surface area (Å²) in [6.07, 6.45) is 12.1. The lowest BCUT2D eigenvalue weighted by Gasteiger charge is -2.19. The second-order valence-electron chi connectivity index (χ2n) is 7.45. The van der Waals surface area contributed by atoms with Gasteiger partial charge in [0.05, 0.1) is 0 Å². The molecular weight excluding hydrogens is 384 g/mol. The summed E-state index contributed by atoms with van der Waals surface area (Å²) in [5.74, 6) is 2.95. The number of aryl methyl sites for hydroxylation is 1. The number of hydrogen-bond donors (Lipinski definition) is 0. The number of hydrogen-bond acceptors (Lipinski definition) is 4. The third-order valence-electron chi connectivity index (χ3n) is 5.74. The van der Waals surface area contributed by atoms with Crippen LogP contribution in [-0.4, -0.2) is 30.1 Å². The first-order valence-electron chi connectivity index (χ1n) is 10.8. The van der Waals surface area contributed by atoms with Gasteiger partial charge >= 0.3 is 0 Å². The van der Waals surface area contributed by atoms with Crippen LogP contribution in [0.25, 0.3) is 10.8 Å². The Morgan fingerprint density at radius 2 is 1.97 bits per heavy atom. The molecule has 1 atom stereocenters. The minimum atomic E-state index is 0. The van der Waals surface area contributed by atoms with Crippen LogP contribution < -0.4 is 4.90 Å². The topological polar surface area (TPSA) is 50.3 Å². The maximum atomic E-state index is 12.7. The Hall–Kier alpha value is -3.45. The summed E-state index contributed by atoms with van der Waals surface area (Å²) in [5.41, 5.74) is 3.33. The number of Topliss-reactive ketones (excluding diaryl/α,β-unsaturated/α-hetero) is 1. The Bertz CT molecular complexity index is 1110. The fourth-order valence-corrected chi connectivity index (χ4v) is 4.06. The SMILES string of the molecule is C#Cc1ccc2ccc(N3CCC(C(=O)CCc4ccncc4)C3)cc2c1C=O.CC.[H]. The van der Waals surface area contributed by atoms with Crippen LogP contribution in [0, 0.1) is 18.3 Å². The van der Waals surface area contributed by atoms with Crippen molar-refractivity contribution in [2.45, 2.75) is 33.1 Å². The number of rotatable bonds is 6. The Balaban J connectivity index is 0.00000118. The Kier molecular flexibility index (Phi) is 7.56. The monoisotopic (exact) mass is 413 g/mol. The van der Waals surface area contributed by atoms with E-state index in [0.717, 1.165) is 47.7 Å². The molecule has 3 aromatic rings. The molecule has 1 unspecified atom stereocenters. The van der Waals surface area contributed by atoms with Crippen LogP contribution in [0.1, 0.15) is 49.6 Å². The zero-order valence-corrected chi connectivity index (χ0v) is 18.2. The molecule has 1 aliphatic rings. The molecule has 31 heavy (non-hydrogen) atoms. The summed E-state index contributed by atoms with van der Waals surface area (Å²) in [6.45, 7) is 5.55. The molecule has 0 bridgehead atoms. The second kappa shape index (κ2) is 10.5. The summed E-state index contributed by atoms with van der Waals surface area (Å²) in [5, 5.41) is 1.85. The van der Waals surface area contributed by atoms with Gasteiger partial charge in [0.1, 0.15) is 5.78 Å². The van der Waals surface area contributed by atoms with Gasteiger partial charge in [-0.15, -0.1) is 6.42 Å². The van der Waals surface area contributed by atoms with Crippen molar-refractivity contribution in [3.8, 4) is 12.3 Å². The van der Waals surface area contributed by atoms with Crippen molar-refractivity contribution < 1.29 is 11.0 Å². The van der Waals surface area contributed by atoms with E-state index in [2.05, 4.69) is 21.9 Å². The highest BCUT2D eigenvalue weighted by molar-refractivity contribution is 6.02. The number of terminal acetylenes is 1. The summed E-state index contributed by atoms with van der Waals surface area (Å²) < 4.78 is 0. The largest absolute Gasteiger partial charge is 0.371 e. The number of carbonyl (C=O) groups is 2. The normalized spacial score (nSPS) is 15.1. The molecule has 0 amide bonds. The van der Waals surface area contributed by atoms with Crippen LogP contribution in [0.3, 0.4) is 0 Å². The van der Waals surface area contributed by atoms with Crippen LogP contribution in [0.4, 0.5) is 5.69 Å². The van der Waals surface area contributed by atoms with Crippen LogP contribution in [0.2, 0.25) is 0 Å². The van der Waals surface area contributed by atoms with Gasteiger partial charge in [-0.2, -0.15) is 0 Å². The van der Waals surface area contributed by atoms with Crippen LogP contribution in [-0.2, 0) is 11.2 Å². The number of nitrogens with zero attached hydrogens (tertiary/aromatic N) is 2. The molecule has 2 aromatic carbocycles. The van der Waals surface area contributed by atoms with Gasteiger partial charge in [-0.25, -0.2) is 0 Å². The van der Waals surface area contributed by atoms with Crippen molar-refractivity contribution >= 4 is 28.5 Å². The first kappa shape index (κ1) is 22.2. The van der Waals surface area contributed by atoms with Crippen molar-refractivity contribution in [1.82, 2.24) is 4.98 Å². The molecule has 0 saturated carbocycles. The van der Waals surface area contributed by atoms with Crippen molar-refractivity contribution in [2.24, 2.45) is 5.92 Å². The maximum absolute atomic E-state index is 12.7. The van der Waals surface area contributed by atoms with E-state index in [1.807, 2.05) is 44.2 Å². The summed E-state index contributed by atoms with van der Waals surface area (Å²) in [4.78, 5) is 30.5. The van der Waals surface area contributed by atoms with Gasteiger partial charge in [0.15, 0.2) is 6.29 Å². The highest BCUT2D eigenvalue weighted by atomic mass is 16.1.